The summed E-state index contributed by atoms with van der Waals surface area (Å²) in [6.07, 6.45) is 0. The summed E-state index contributed by atoms with van der Waals surface area (Å²) in [4.78, 5) is 11.6. The molecule has 2 rings (SSSR count). The lowest BCUT2D eigenvalue weighted by atomic mass is 10.2. The van der Waals surface area contributed by atoms with Crippen LogP contribution in [0.15, 0.2) is 48.5 Å². The molecule has 6 heteroatoms. The lowest BCUT2D eigenvalue weighted by Crippen LogP contribution is -2.37. The molecule has 0 aromatic heterocycles. The summed E-state index contributed by atoms with van der Waals surface area (Å²) in [5.41, 5.74) is 0.420. The van der Waals surface area contributed by atoms with Crippen LogP contribution in [0.2, 0.25) is 0 Å². The molecular formula is C16H17FN2O3. The van der Waals surface area contributed by atoms with E-state index in [-0.39, 0.29) is 19.1 Å². The maximum atomic E-state index is 13.4. The normalized spacial score (nSPS) is 9.91. The number of ether oxygens (including phenoxy) is 2. The van der Waals surface area contributed by atoms with Crippen LogP contribution in [0.4, 0.5) is 9.18 Å². The van der Waals surface area contributed by atoms with Gasteiger partial charge in [-0.25, -0.2) is 9.18 Å². The molecule has 0 radical (unpaired) electrons. The molecular weight excluding hydrogens is 287 g/mol. The number of nitrogens with one attached hydrogen (secondary N) is 2. The van der Waals surface area contributed by atoms with Crippen molar-refractivity contribution in [3.63, 3.8) is 0 Å². The summed E-state index contributed by atoms with van der Waals surface area (Å²) in [6.45, 7) is 0.0800. The van der Waals surface area contributed by atoms with Crippen molar-refractivity contribution in [3.05, 3.63) is 59.9 Å². The molecule has 116 valence electrons. The predicted molar refractivity (Wildman–Crippen MR) is 80.3 cm³/mol. The van der Waals surface area contributed by atoms with Gasteiger partial charge in [-0.05, 0) is 18.2 Å². The Kier molecular flexibility index (Phi) is 5.59. The average molecular weight is 304 g/mol. The fourth-order valence-electron chi connectivity index (χ4n) is 1.80. The maximum Gasteiger partial charge on any atom is 0.317 e. The third-order valence-corrected chi connectivity index (χ3v) is 2.93. The second kappa shape index (κ2) is 7.87. The Morgan fingerprint density at radius 2 is 1.73 bits per heavy atom. The molecule has 2 amide bonds. The van der Waals surface area contributed by atoms with Gasteiger partial charge in [0, 0.05) is 12.1 Å². The largest absolute Gasteiger partial charge is 0.493 e. The molecule has 0 spiro atoms. The highest BCUT2D eigenvalue weighted by Crippen LogP contribution is 2.25. The van der Waals surface area contributed by atoms with Crippen LogP contribution in [0.3, 0.4) is 0 Å². The summed E-state index contributed by atoms with van der Waals surface area (Å²) in [7, 11) is 1.54. The number of carbonyl (C=O) groups excluding carboxylic acids is 1. The van der Waals surface area contributed by atoms with Crippen LogP contribution in [0, 0.1) is 5.82 Å². The number of methoxy groups -OCH3 is 1. The minimum atomic E-state index is -0.446. The van der Waals surface area contributed by atoms with Crippen LogP contribution >= 0.6 is 0 Å². The van der Waals surface area contributed by atoms with Crippen molar-refractivity contribution < 1.29 is 18.7 Å². The monoisotopic (exact) mass is 304 g/mol. The van der Waals surface area contributed by atoms with Crippen LogP contribution < -0.4 is 20.1 Å². The molecule has 2 aromatic carbocycles. The Labute approximate surface area is 128 Å². The van der Waals surface area contributed by atoms with E-state index in [1.165, 1.54) is 13.2 Å². The van der Waals surface area contributed by atoms with E-state index in [1.54, 1.807) is 36.4 Å². The topological polar surface area (TPSA) is 59.6 Å². The SMILES string of the molecule is COc1ccccc1OCNC(=O)NCc1ccccc1F. The molecule has 0 bridgehead atoms. The minimum Gasteiger partial charge on any atom is -0.493 e. The van der Waals surface area contributed by atoms with Crippen molar-refractivity contribution in [1.82, 2.24) is 10.6 Å². The van der Waals surface area contributed by atoms with Crippen molar-refractivity contribution in [3.8, 4) is 11.5 Å². The molecule has 0 saturated heterocycles. The summed E-state index contributed by atoms with van der Waals surface area (Å²) in [5, 5.41) is 5.08. The highest BCUT2D eigenvalue weighted by Gasteiger charge is 2.05. The molecule has 0 aliphatic rings. The Morgan fingerprint density at radius 1 is 1.05 bits per heavy atom. The van der Waals surface area contributed by atoms with Crippen molar-refractivity contribution in [2.24, 2.45) is 0 Å². The zero-order valence-corrected chi connectivity index (χ0v) is 12.1. The van der Waals surface area contributed by atoms with E-state index in [0.29, 0.717) is 17.1 Å². The van der Waals surface area contributed by atoms with Crippen LogP contribution in [0.5, 0.6) is 11.5 Å². The van der Waals surface area contributed by atoms with Gasteiger partial charge in [0.05, 0.1) is 7.11 Å². The van der Waals surface area contributed by atoms with Gasteiger partial charge in [-0.1, -0.05) is 30.3 Å². The molecule has 0 atom stereocenters. The first kappa shape index (κ1) is 15.6. The summed E-state index contributed by atoms with van der Waals surface area (Å²) in [5.74, 6) is 0.753. The second-order valence-corrected chi connectivity index (χ2v) is 4.39. The van der Waals surface area contributed by atoms with E-state index in [0.717, 1.165) is 0 Å². The Morgan fingerprint density at radius 3 is 2.45 bits per heavy atom. The molecule has 2 N–H and O–H groups in total. The second-order valence-electron chi connectivity index (χ2n) is 4.39. The summed E-state index contributed by atoms with van der Waals surface area (Å²) in [6, 6.07) is 12.9. The molecule has 0 aliphatic heterocycles. The molecule has 5 nitrogen and oxygen atoms in total. The fourth-order valence-corrected chi connectivity index (χ4v) is 1.80. The van der Waals surface area contributed by atoms with E-state index in [2.05, 4.69) is 10.6 Å². The molecule has 2 aromatic rings. The highest BCUT2D eigenvalue weighted by atomic mass is 19.1. The number of hydrogen-bond donors (Lipinski definition) is 2. The number of hydrogen-bond acceptors (Lipinski definition) is 3. The van der Waals surface area contributed by atoms with Gasteiger partial charge in [0.1, 0.15) is 5.82 Å². The summed E-state index contributed by atoms with van der Waals surface area (Å²) >= 11 is 0. The van der Waals surface area contributed by atoms with Crippen molar-refractivity contribution in [1.29, 1.82) is 0 Å². The lowest BCUT2D eigenvalue weighted by Gasteiger charge is -2.12. The van der Waals surface area contributed by atoms with Gasteiger partial charge in [-0.3, -0.25) is 0 Å². The zero-order chi connectivity index (χ0) is 15.8. The van der Waals surface area contributed by atoms with Crippen molar-refractivity contribution in [2.75, 3.05) is 13.8 Å². The third kappa shape index (κ3) is 4.37. The van der Waals surface area contributed by atoms with Crippen molar-refractivity contribution in [2.45, 2.75) is 6.54 Å². The first-order valence-electron chi connectivity index (χ1n) is 6.71. The van der Waals surface area contributed by atoms with Gasteiger partial charge in [0.15, 0.2) is 18.2 Å². The van der Waals surface area contributed by atoms with Crippen LogP contribution in [0.1, 0.15) is 5.56 Å². The summed E-state index contributed by atoms with van der Waals surface area (Å²) < 4.78 is 23.9. The smallest absolute Gasteiger partial charge is 0.317 e. The van der Waals surface area contributed by atoms with E-state index >= 15 is 0 Å². The number of halogens is 1. The lowest BCUT2D eigenvalue weighted by molar-refractivity contribution is 0.221. The van der Waals surface area contributed by atoms with E-state index in [9.17, 15) is 9.18 Å². The molecule has 0 fully saturated rings. The van der Waals surface area contributed by atoms with Gasteiger partial charge in [0.25, 0.3) is 0 Å². The third-order valence-electron chi connectivity index (χ3n) is 2.93. The highest BCUT2D eigenvalue weighted by molar-refractivity contribution is 5.73. The van der Waals surface area contributed by atoms with Gasteiger partial charge in [-0.2, -0.15) is 0 Å². The molecule has 0 unspecified atom stereocenters. The molecule has 0 aliphatic carbocycles. The number of rotatable bonds is 6. The van der Waals surface area contributed by atoms with E-state index in [1.807, 2.05) is 6.07 Å². The molecule has 0 saturated carbocycles. The number of urea groups is 1. The van der Waals surface area contributed by atoms with Gasteiger partial charge in [0.2, 0.25) is 0 Å². The Balaban J connectivity index is 1.75. The first-order valence-corrected chi connectivity index (χ1v) is 6.71. The van der Waals surface area contributed by atoms with Crippen LogP contribution in [0.25, 0.3) is 0 Å². The van der Waals surface area contributed by atoms with Gasteiger partial charge in [-0.15, -0.1) is 0 Å². The number of carbonyl (C=O) groups is 1. The quantitative estimate of drug-likeness (QED) is 0.807. The van der Waals surface area contributed by atoms with Crippen LogP contribution in [-0.2, 0) is 6.54 Å². The van der Waals surface area contributed by atoms with Crippen LogP contribution in [-0.4, -0.2) is 19.9 Å². The van der Waals surface area contributed by atoms with E-state index < -0.39 is 6.03 Å². The minimum absolute atomic E-state index is 0.0243. The first-order chi connectivity index (χ1) is 10.7. The zero-order valence-electron chi connectivity index (χ0n) is 12.1. The average Bonchev–Trinajstić information content (AvgIpc) is 2.54. The van der Waals surface area contributed by atoms with Crippen molar-refractivity contribution >= 4 is 6.03 Å². The molecule has 22 heavy (non-hydrogen) atoms. The van der Waals surface area contributed by atoms with Gasteiger partial charge < -0.3 is 20.1 Å². The molecule has 0 heterocycles. The van der Waals surface area contributed by atoms with E-state index in [4.69, 9.17) is 9.47 Å². The number of benzene rings is 2. The Hall–Kier alpha value is -2.76. The fraction of sp³-hybridized carbons (Fsp3) is 0.188. The maximum absolute atomic E-state index is 13.4. The Bertz CT molecular complexity index is 634. The predicted octanol–water partition coefficient (Wildman–Crippen LogP) is 2.67. The standard InChI is InChI=1S/C16H17FN2O3/c1-21-14-8-4-5-9-15(14)22-11-19-16(20)18-10-12-6-2-3-7-13(12)17/h2-9H,10-11H2,1H3,(H2,18,19,20). The number of amides is 2. The van der Waals surface area contributed by atoms with Gasteiger partial charge >= 0.3 is 6.03 Å². The number of para-hydroxylation sites is 2.